The van der Waals surface area contributed by atoms with Crippen molar-refractivity contribution in [1.82, 2.24) is 4.90 Å². The molecule has 2 rings (SSSR count). The van der Waals surface area contributed by atoms with Gasteiger partial charge in [-0.15, -0.1) is 0 Å². The van der Waals surface area contributed by atoms with Crippen molar-refractivity contribution in [2.45, 2.75) is 37.4 Å². The molecule has 94 valence electrons. The van der Waals surface area contributed by atoms with Gasteiger partial charge in [-0.25, -0.2) is 0 Å². The molecule has 0 bridgehead atoms. The molecule has 1 aromatic rings. The van der Waals surface area contributed by atoms with Crippen LogP contribution in [0, 0.1) is 0 Å². The second-order valence-electron chi connectivity index (χ2n) is 4.97. The predicted octanol–water partition coefficient (Wildman–Crippen LogP) is 2.47. The third kappa shape index (κ3) is 3.73. The lowest BCUT2D eigenvalue weighted by Crippen LogP contribution is -2.39. The lowest BCUT2D eigenvalue weighted by molar-refractivity contribution is 0.263. The fraction of sp³-hybridized carbons (Fsp3) is 0.571. The van der Waals surface area contributed by atoms with E-state index in [0.717, 1.165) is 17.0 Å². The summed E-state index contributed by atoms with van der Waals surface area (Å²) >= 11 is 2.10. The van der Waals surface area contributed by atoms with Crippen LogP contribution < -0.4 is 5.73 Å². The van der Waals surface area contributed by atoms with Gasteiger partial charge < -0.3 is 5.73 Å². The van der Waals surface area contributed by atoms with E-state index in [-0.39, 0.29) is 0 Å². The van der Waals surface area contributed by atoms with Crippen LogP contribution in [0.5, 0.6) is 0 Å². The standard InChI is InChI=1S/C14H22N2S/c1-11-8-16(9-12(2)17-11)10-14-5-3-13(7-15)4-6-14/h3-6,11-12H,7-10,15H2,1-2H3. The summed E-state index contributed by atoms with van der Waals surface area (Å²) in [7, 11) is 0. The largest absolute Gasteiger partial charge is 0.326 e. The molecule has 0 aromatic heterocycles. The van der Waals surface area contributed by atoms with Crippen LogP contribution in [-0.2, 0) is 13.1 Å². The summed E-state index contributed by atoms with van der Waals surface area (Å²) in [6, 6.07) is 8.69. The Hall–Kier alpha value is -0.510. The Bertz CT molecular complexity index is 340. The van der Waals surface area contributed by atoms with Crippen LogP contribution in [0.4, 0.5) is 0 Å². The average molecular weight is 250 g/mol. The fourth-order valence-electron chi connectivity index (χ4n) is 2.45. The van der Waals surface area contributed by atoms with Crippen molar-refractivity contribution >= 4 is 11.8 Å². The van der Waals surface area contributed by atoms with Crippen LogP contribution in [0.15, 0.2) is 24.3 Å². The van der Waals surface area contributed by atoms with Crippen molar-refractivity contribution in [2.24, 2.45) is 5.73 Å². The van der Waals surface area contributed by atoms with Crippen LogP contribution in [0.2, 0.25) is 0 Å². The van der Waals surface area contributed by atoms with Crippen LogP contribution >= 0.6 is 11.8 Å². The third-order valence-electron chi connectivity index (χ3n) is 3.16. The molecule has 0 saturated carbocycles. The van der Waals surface area contributed by atoms with Crippen molar-refractivity contribution in [1.29, 1.82) is 0 Å². The first kappa shape index (κ1) is 12.9. The summed E-state index contributed by atoms with van der Waals surface area (Å²) in [5.74, 6) is 0. The Morgan fingerprint density at radius 2 is 1.65 bits per heavy atom. The lowest BCUT2D eigenvalue weighted by atomic mass is 10.1. The highest BCUT2D eigenvalue weighted by atomic mass is 32.2. The second kappa shape index (κ2) is 5.89. The molecular weight excluding hydrogens is 228 g/mol. The maximum absolute atomic E-state index is 5.61. The smallest absolute Gasteiger partial charge is 0.0234 e. The Morgan fingerprint density at radius 1 is 1.12 bits per heavy atom. The topological polar surface area (TPSA) is 29.3 Å². The monoisotopic (exact) mass is 250 g/mol. The first-order valence-electron chi connectivity index (χ1n) is 6.33. The Morgan fingerprint density at radius 3 is 2.18 bits per heavy atom. The fourth-order valence-corrected chi connectivity index (χ4v) is 3.84. The highest BCUT2D eigenvalue weighted by Gasteiger charge is 2.21. The molecule has 1 aliphatic rings. The quantitative estimate of drug-likeness (QED) is 0.893. The molecule has 2 nitrogen and oxygen atoms in total. The number of hydrogen-bond donors (Lipinski definition) is 1. The average Bonchev–Trinajstić information content (AvgIpc) is 2.28. The molecule has 0 spiro atoms. The zero-order valence-corrected chi connectivity index (χ0v) is 11.5. The maximum Gasteiger partial charge on any atom is 0.0234 e. The highest BCUT2D eigenvalue weighted by Crippen LogP contribution is 2.25. The van der Waals surface area contributed by atoms with Crippen molar-refractivity contribution in [3.8, 4) is 0 Å². The Labute approximate surface area is 109 Å². The summed E-state index contributed by atoms with van der Waals surface area (Å²) < 4.78 is 0. The van der Waals surface area contributed by atoms with E-state index in [2.05, 4.69) is 54.8 Å². The molecule has 0 aliphatic carbocycles. The van der Waals surface area contributed by atoms with E-state index in [1.165, 1.54) is 24.2 Å². The van der Waals surface area contributed by atoms with E-state index in [1.807, 2.05) is 0 Å². The lowest BCUT2D eigenvalue weighted by Gasteiger charge is -2.34. The van der Waals surface area contributed by atoms with Crippen molar-refractivity contribution in [3.05, 3.63) is 35.4 Å². The van der Waals surface area contributed by atoms with Crippen molar-refractivity contribution < 1.29 is 0 Å². The molecule has 1 heterocycles. The summed E-state index contributed by atoms with van der Waals surface area (Å²) in [4.78, 5) is 2.56. The third-order valence-corrected chi connectivity index (χ3v) is 4.39. The maximum atomic E-state index is 5.61. The van der Waals surface area contributed by atoms with Gasteiger partial charge in [0.25, 0.3) is 0 Å². The van der Waals surface area contributed by atoms with E-state index >= 15 is 0 Å². The van der Waals surface area contributed by atoms with E-state index in [9.17, 15) is 0 Å². The first-order chi connectivity index (χ1) is 8.17. The Kier molecular flexibility index (Phi) is 4.48. The zero-order valence-electron chi connectivity index (χ0n) is 10.7. The minimum Gasteiger partial charge on any atom is -0.326 e. The van der Waals surface area contributed by atoms with Crippen LogP contribution in [0.25, 0.3) is 0 Å². The Balaban J connectivity index is 1.95. The first-order valence-corrected chi connectivity index (χ1v) is 7.27. The van der Waals surface area contributed by atoms with Gasteiger partial charge >= 0.3 is 0 Å². The van der Waals surface area contributed by atoms with Gasteiger partial charge in [0.05, 0.1) is 0 Å². The van der Waals surface area contributed by atoms with E-state index in [4.69, 9.17) is 5.73 Å². The van der Waals surface area contributed by atoms with E-state index in [0.29, 0.717) is 6.54 Å². The minimum absolute atomic E-state index is 0.634. The SMILES string of the molecule is CC1CN(Cc2ccc(CN)cc2)CC(C)S1. The molecule has 1 fully saturated rings. The summed E-state index contributed by atoms with van der Waals surface area (Å²) in [5, 5.41) is 1.50. The zero-order chi connectivity index (χ0) is 12.3. The van der Waals surface area contributed by atoms with Crippen molar-refractivity contribution in [2.75, 3.05) is 13.1 Å². The van der Waals surface area contributed by atoms with Crippen LogP contribution in [-0.4, -0.2) is 28.5 Å². The summed E-state index contributed by atoms with van der Waals surface area (Å²) in [6.45, 7) is 8.76. The van der Waals surface area contributed by atoms with Gasteiger partial charge in [0.1, 0.15) is 0 Å². The molecule has 0 radical (unpaired) electrons. The van der Waals surface area contributed by atoms with E-state index < -0.39 is 0 Å². The number of rotatable bonds is 3. The predicted molar refractivity (Wildman–Crippen MR) is 76.1 cm³/mol. The highest BCUT2D eigenvalue weighted by molar-refractivity contribution is 8.00. The molecule has 1 aromatic carbocycles. The molecule has 0 amide bonds. The molecule has 1 aliphatic heterocycles. The van der Waals surface area contributed by atoms with Gasteiger partial charge in [-0.3, -0.25) is 4.90 Å². The minimum atomic E-state index is 0.634. The molecule has 2 atom stereocenters. The van der Waals surface area contributed by atoms with Gasteiger partial charge in [0.2, 0.25) is 0 Å². The number of nitrogens with two attached hydrogens (primary N) is 1. The summed E-state index contributed by atoms with van der Waals surface area (Å²) in [6.07, 6.45) is 0. The van der Waals surface area contributed by atoms with Crippen LogP contribution in [0.1, 0.15) is 25.0 Å². The summed E-state index contributed by atoms with van der Waals surface area (Å²) in [5.41, 5.74) is 8.22. The van der Waals surface area contributed by atoms with Gasteiger partial charge in [0, 0.05) is 36.7 Å². The number of nitrogens with zero attached hydrogens (tertiary/aromatic N) is 1. The normalized spacial score (nSPS) is 26.1. The molecule has 1 saturated heterocycles. The van der Waals surface area contributed by atoms with E-state index in [1.54, 1.807) is 0 Å². The molecule has 17 heavy (non-hydrogen) atoms. The van der Waals surface area contributed by atoms with Gasteiger partial charge in [-0.2, -0.15) is 11.8 Å². The van der Waals surface area contributed by atoms with Gasteiger partial charge in [-0.05, 0) is 11.1 Å². The van der Waals surface area contributed by atoms with Gasteiger partial charge in [-0.1, -0.05) is 38.1 Å². The number of thioether (sulfide) groups is 1. The van der Waals surface area contributed by atoms with Gasteiger partial charge in [0.15, 0.2) is 0 Å². The molecule has 3 heteroatoms. The van der Waals surface area contributed by atoms with Crippen molar-refractivity contribution in [3.63, 3.8) is 0 Å². The molecule has 2 N–H and O–H groups in total. The molecular formula is C14H22N2S. The van der Waals surface area contributed by atoms with Crippen LogP contribution in [0.3, 0.4) is 0 Å². The number of hydrogen-bond acceptors (Lipinski definition) is 3. The molecule has 2 unspecified atom stereocenters. The second-order valence-corrected chi connectivity index (χ2v) is 6.85. The number of benzene rings is 1.